The van der Waals surface area contributed by atoms with Crippen LogP contribution in [-0.4, -0.2) is 14.8 Å². The second-order valence-corrected chi connectivity index (χ2v) is 6.68. The molecule has 0 unspecified atom stereocenters. The fraction of sp³-hybridized carbons (Fsp3) is 0.143. The van der Waals surface area contributed by atoms with Crippen LogP contribution in [0.4, 0.5) is 18.9 Å². The highest BCUT2D eigenvalue weighted by atomic mass is 35.5. The molecule has 2 aromatic carbocycles. The van der Waals surface area contributed by atoms with Crippen molar-refractivity contribution in [3.8, 4) is 5.75 Å². The molecule has 0 amide bonds. The maximum Gasteiger partial charge on any atom is 0.573 e. The molecule has 0 saturated heterocycles. The summed E-state index contributed by atoms with van der Waals surface area (Å²) in [4.78, 5) is -0.102. The molecular formula is C14H11ClF3NO3S. The predicted octanol–water partition coefficient (Wildman–Crippen LogP) is 4.35. The van der Waals surface area contributed by atoms with E-state index in [1.807, 2.05) is 0 Å². The lowest BCUT2D eigenvalue weighted by atomic mass is 10.2. The third-order valence-corrected chi connectivity index (χ3v) is 4.56. The molecule has 0 aliphatic carbocycles. The number of alkyl halides is 3. The molecule has 9 heteroatoms. The molecule has 0 spiro atoms. The van der Waals surface area contributed by atoms with Crippen molar-refractivity contribution in [3.63, 3.8) is 0 Å². The molecule has 0 fully saturated rings. The molecule has 2 rings (SSSR count). The molecule has 0 atom stereocenters. The van der Waals surface area contributed by atoms with Gasteiger partial charge < -0.3 is 4.74 Å². The summed E-state index contributed by atoms with van der Waals surface area (Å²) in [5, 5.41) is 0.266. The first-order chi connectivity index (χ1) is 10.6. The molecule has 23 heavy (non-hydrogen) atoms. The van der Waals surface area contributed by atoms with Gasteiger partial charge in [0.15, 0.2) is 0 Å². The van der Waals surface area contributed by atoms with Crippen LogP contribution in [0.15, 0.2) is 47.4 Å². The molecule has 0 bridgehead atoms. The first kappa shape index (κ1) is 17.4. The fourth-order valence-corrected chi connectivity index (χ4v) is 3.03. The topological polar surface area (TPSA) is 55.4 Å². The van der Waals surface area contributed by atoms with Gasteiger partial charge in [-0.3, -0.25) is 4.72 Å². The van der Waals surface area contributed by atoms with E-state index in [9.17, 15) is 21.6 Å². The Bertz CT molecular complexity index is 822. The molecule has 1 N–H and O–H groups in total. The van der Waals surface area contributed by atoms with Gasteiger partial charge in [0.05, 0.1) is 10.6 Å². The third-order valence-electron chi connectivity index (χ3n) is 2.77. The lowest BCUT2D eigenvalue weighted by molar-refractivity contribution is -0.274. The van der Waals surface area contributed by atoms with Crippen LogP contribution in [0.1, 0.15) is 5.56 Å². The number of hydrogen-bond donors (Lipinski definition) is 1. The number of benzene rings is 2. The largest absolute Gasteiger partial charge is 0.573 e. The summed E-state index contributed by atoms with van der Waals surface area (Å²) < 4.78 is 66.9. The average Bonchev–Trinajstić information content (AvgIpc) is 2.39. The number of hydrogen-bond acceptors (Lipinski definition) is 3. The maximum atomic E-state index is 12.2. The van der Waals surface area contributed by atoms with E-state index in [-0.39, 0.29) is 15.6 Å². The van der Waals surface area contributed by atoms with Crippen molar-refractivity contribution in [3.05, 3.63) is 53.1 Å². The zero-order valence-electron chi connectivity index (χ0n) is 11.7. The zero-order chi connectivity index (χ0) is 17.3. The summed E-state index contributed by atoms with van der Waals surface area (Å²) in [5.74, 6) is -0.528. The highest BCUT2D eigenvalue weighted by molar-refractivity contribution is 7.92. The van der Waals surface area contributed by atoms with E-state index in [4.69, 9.17) is 11.6 Å². The van der Waals surface area contributed by atoms with Crippen molar-refractivity contribution in [2.45, 2.75) is 18.2 Å². The molecule has 0 aromatic heterocycles. The van der Waals surface area contributed by atoms with Crippen LogP contribution in [0.25, 0.3) is 0 Å². The first-order valence-corrected chi connectivity index (χ1v) is 8.08. The Morgan fingerprint density at radius 2 is 1.83 bits per heavy atom. The van der Waals surface area contributed by atoms with Crippen molar-refractivity contribution in [1.82, 2.24) is 0 Å². The van der Waals surface area contributed by atoms with Gasteiger partial charge in [-0.05, 0) is 36.8 Å². The van der Waals surface area contributed by atoms with Gasteiger partial charge in [-0.25, -0.2) is 8.42 Å². The van der Waals surface area contributed by atoms with Crippen LogP contribution in [0.3, 0.4) is 0 Å². The molecule has 124 valence electrons. The number of sulfonamides is 1. The minimum absolute atomic E-state index is 0.0663. The quantitative estimate of drug-likeness (QED) is 0.876. The monoisotopic (exact) mass is 365 g/mol. The Balaban J connectivity index is 2.27. The van der Waals surface area contributed by atoms with Crippen molar-refractivity contribution in [1.29, 1.82) is 0 Å². The number of aryl methyl sites for hydroxylation is 1. The standard InChI is InChI=1S/C14H11ClF3NO3S/c1-9-5-6-12(8-13(9)15)23(20,21)19-10-3-2-4-11(7-10)22-14(16,17)18/h2-8,19H,1H3. The summed E-state index contributed by atoms with van der Waals surface area (Å²) in [5.41, 5.74) is 0.634. The van der Waals surface area contributed by atoms with Gasteiger partial charge in [-0.15, -0.1) is 13.2 Å². The van der Waals surface area contributed by atoms with E-state index in [1.54, 1.807) is 6.92 Å². The molecule has 0 radical (unpaired) electrons. The van der Waals surface area contributed by atoms with Crippen LogP contribution in [0, 0.1) is 6.92 Å². The summed E-state index contributed by atoms with van der Waals surface area (Å²) in [6.45, 7) is 1.71. The van der Waals surface area contributed by atoms with Gasteiger partial charge in [0.25, 0.3) is 10.0 Å². The lowest BCUT2D eigenvalue weighted by Crippen LogP contribution is -2.17. The van der Waals surface area contributed by atoms with Crippen molar-refractivity contribution in [2.24, 2.45) is 0 Å². The minimum atomic E-state index is -4.86. The molecule has 0 heterocycles. The van der Waals surface area contributed by atoms with Crippen LogP contribution < -0.4 is 9.46 Å². The van der Waals surface area contributed by atoms with E-state index < -0.39 is 22.1 Å². The lowest BCUT2D eigenvalue weighted by Gasteiger charge is -2.12. The van der Waals surface area contributed by atoms with Crippen molar-refractivity contribution >= 4 is 27.3 Å². The van der Waals surface area contributed by atoms with Crippen LogP contribution in [-0.2, 0) is 10.0 Å². The summed E-state index contributed by atoms with van der Waals surface area (Å²) in [7, 11) is -3.98. The Labute approximate surface area is 135 Å². The highest BCUT2D eigenvalue weighted by Crippen LogP contribution is 2.27. The van der Waals surface area contributed by atoms with Gasteiger partial charge in [0, 0.05) is 11.1 Å². The Hall–Kier alpha value is -1.93. The summed E-state index contributed by atoms with van der Waals surface area (Å²) >= 11 is 5.88. The Kier molecular flexibility index (Phi) is 4.76. The van der Waals surface area contributed by atoms with Gasteiger partial charge >= 0.3 is 6.36 Å². The number of rotatable bonds is 4. The predicted molar refractivity (Wildman–Crippen MR) is 80.1 cm³/mol. The SMILES string of the molecule is Cc1ccc(S(=O)(=O)Nc2cccc(OC(F)(F)F)c2)cc1Cl. The van der Waals surface area contributed by atoms with Crippen molar-refractivity contribution < 1.29 is 26.3 Å². The van der Waals surface area contributed by atoms with Crippen LogP contribution >= 0.6 is 11.6 Å². The minimum Gasteiger partial charge on any atom is -0.406 e. The van der Waals surface area contributed by atoms with E-state index >= 15 is 0 Å². The van der Waals surface area contributed by atoms with Gasteiger partial charge in [-0.2, -0.15) is 0 Å². The number of halogens is 4. The van der Waals surface area contributed by atoms with E-state index in [0.717, 1.165) is 12.1 Å². The fourth-order valence-electron chi connectivity index (χ4n) is 1.71. The smallest absolute Gasteiger partial charge is 0.406 e. The van der Waals surface area contributed by atoms with Gasteiger partial charge in [0.1, 0.15) is 5.75 Å². The van der Waals surface area contributed by atoms with E-state index in [2.05, 4.69) is 9.46 Å². The second kappa shape index (κ2) is 6.29. The Morgan fingerprint density at radius 3 is 2.43 bits per heavy atom. The Morgan fingerprint density at radius 1 is 1.13 bits per heavy atom. The zero-order valence-corrected chi connectivity index (χ0v) is 13.3. The molecule has 4 nitrogen and oxygen atoms in total. The molecule has 0 saturated carbocycles. The number of ether oxygens (including phenoxy) is 1. The molecule has 0 aliphatic heterocycles. The normalized spacial score (nSPS) is 12.0. The first-order valence-electron chi connectivity index (χ1n) is 6.22. The van der Waals surface area contributed by atoms with Crippen LogP contribution in [0.5, 0.6) is 5.75 Å². The van der Waals surface area contributed by atoms with E-state index in [1.165, 1.54) is 30.3 Å². The summed E-state index contributed by atoms with van der Waals surface area (Å²) in [6, 6.07) is 8.67. The highest BCUT2D eigenvalue weighted by Gasteiger charge is 2.31. The number of anilines is 1. The van der Waals surface area contributed by atoms with Crippen LogP contribution in [0.2, 0.25) is 5.02 Å². The second-order valence-electron chi connectivity index (χ2n) is 4.59. The number of nitrogens with one attached hydrogen (secondary N) is 1. The van der Waals surface area contributed by atoms with Crippen molar-refractivity contribution in [2.75, 3.05) is 4.72 Å². The molecule has 2 aromatic rings. The molecular weight excluding hydrogens is 355 g/mol. The summed E-state index contributed by atoms with van der Waals surface area (Å²) in [6.07, 6.45) is -4.86. The third kappa shape index (κ3) is 4.77. The van der Waals surface area contributed by atoms with E-state index in [0.29, 0.717) is 5.56 Å². The maximum absolute atomic E-state index is 12.2. The van der Waals surface area contributed by atoms with Gasteiger partial charge in [-0.1, -0.05) is 23.7 Å². The molecule has 0 aliphatic rings. The average molecular weight is 366 g/mol. The van der Waals surface area contributed by atoms with Gasteiger partial charge in [0.2, 0.25) is 0 Å².